The summed E-state index contributed by atoms with van der Waals surface area (Å²) in [5.74, 6) is 0.621. The molecule has 0 radical (unpaired) electrons. The molecule has 0 spiro atoms. The topological polar surface area (TPSA) is 72.9 Å². The van der Waals surface area contributed by atoms with Crippen LogP contribution in [0.3, 0.4) is 0 Å². The zero-order chi connectivity index (χ0) is 16.9. The normalized spacial score (nSPS) is 19.5. The van der Waals surface area contributed by atoms with Crippen LogP contribution < -0.4 is 4.90 Å². The van der Waals surface area contributed by atoms with Crippen LogP contribution >= 0.6 is 0 Å². The van der Waals surface area contributed by atoms with E-state index in [1.54, 1.807) is 22.2 Å². The van der Waals surface area contributed by atoms with E-state index in [1.807, 2.05) is 0 Å². The molecule has 0 bridgehead atoms. The van der Waals surface area contributed by atoms with E-state index in [2.05, 4.69) is 26.7 Å². The zero-order valence-electron chi connectivity index (χ0n) is 14.1. The van der Waals surface area contributed by atoms with Gasteiger partial charge in [-0.05, 0) is 6.54 Å². The van der Waals surface area contributed by atoms with Crippen molar-refractivity contribution in [2.75, 3.05) is 63.8 Å². The molecule has 3 heterocycles. The lowest BCUT2D eigenvalue weighted by molar-refractivity contribution is -0.119. The van der Waals surface area contributed by atoms with Crippen molar-refractivity contribution >= 4 is 18.3 Å². The Morgan fingerprint density at radius 2 is 1.67 bits per heavy atom. The minimum atomic E-state index is -0.0668. The molecule has 3 rings (SSSR count). The molecular formula is C16H24N6O2. The Bertz CT molecular complexity index is 562. The van der Waals surface area contributed by atoms with Gasteiger partial charge in [0, 0.05) is 64.8 Å². The molecule has 2 aliphatic rings. The molecule has 2 fully saturated rings. The number of likely N-dealkylation sites (N-methyl/N-ethyl adjacent to an activating group) is 1. The molecule has 0 aromatic carbocycles. The van der Waals surface area contributed by atoms with E-state index >= 15 is 0 Å². The highest BCUT2D eigenvalue weighted by Gasteiger charge is 2.23. The van der Waals surface area contributed by atoms with Crippen LogP contribution in [-0.2, 0) is 4.79 Å². The van der Waals surface area contributed by atoms with E-state index in [0.29, 0.717) is 37.7 Å². The van der Waals surface area contributed by atoms with Gasteiger partial charge in [-0.25, -0.2) is 9.97 Å². The van der Waals surface area contributed by atoms with Crippen molar-refractivity contribution in [1.82, 2.24) is 24.7 Å². The van der Waals surface area contributed by atoms with Gasteiger partial charge in [0.15, 0.2) is 0 Å². The fourth-order valence-electron chi connectivity index (χ4n) is 3.07. The molecule has 2 amide bonds. The van der Waals surface area contributed by atoms with Crippen molar-refractivity contribution in [2.24, 2.45) is 0 Å². The van der Waals surface area contributed by atoms with Gasteiger partial charge in [0.2, 0.25) is 12.4 Å². The largest absolute Gasteiger partial charge is 0.342 e. The molecule has 2 aliphatic heterocycles. The number of piperazine rings is 2. The number of carbonyl (C=O) groups excluding carboxylic acids is 2. The van der Waals surface area contributed by atoms with E-state index in [-0.39, 0.29) is 5.91 Å². The fourth-order valence-corrected chi connectivity index (χ4v) is 3.07. The summed E-state index contributed by atoms with van der Waals surface area (Å²) in [7, 11) is 0. The molecule has 1 aromatic heterocycles. The first-order chi connectivity index (χ1) is 11.7. The maximum atomic E-state index is 12.5. The van der Waals surface area contributed by atoms with Crippen molar-refractivity contribution in [2.45, 2.75) is 6.92 Å². The van der Waals surface area contributed by atoms with Crippen LogP contribution in [0, 0.1) is 0 Å². The third kappa shape index (κ3) is 3.64. The average molecular weight is 332 g/mol. The molecule has 0 saturated carbocycles. The van der Waals surface area contributed by atoms with Crippen molar-refractivity contribution in [3.63, 3.8) is 0 Å². The third-order valence-corrected chi connectivity index (χ3v) is 4.74. The Hall–Kier alpha value is -2.22. The number of carbonyl (C=O) groups is 2. The van der Waals surface area contributed by atoms with Gasteiger partial charge in [-0.3, -0.25) is 9.59 Å². The number of hydrogen-bond donors (Lipinski definition) is 0. The van der Waals surface area contributed by atoms with Crippen molar-refractivity contribution in [3.8, 4) is 0 Å². The number of rotatable bonds is 4. The van der Waals surface area contributed by atoms with Gasteiger partial charge >= 0.3 is 0 Å². The lowest BCUT2D eigenvalue weighted by Gasteiger charge is -2.34. The van der Waals surface area contributed by atoms with Gasteiger partial charge in [0.25, 0.3) is 5.91 Å². The van der Waals surface area contributed by atoms with E-state index < -0.39 is 0 Å². The lowest BCUT2D eigenvalue weighted by Crippen LogP contribution is -2.48. The fraction of sp³-hybridized carbons (Fsp3) is 0.625. The predicted molar refractivity (Wildman–Crippen MR) is 89.9 cm³/mol. The third-order valence-electron chi connectivity index (χ3n) is 4.74. The number of anilines is 1. The second kappa shape index (κ2) is 7.57. The van der Waals surface area contributed by atoms with E-state index in [9.17, 15) is 9.59 Å². The Kier molecular flexibility index (Phi) is 5.24. The number of hydrogen-bond acceptors (Lipinski definition) is 6. The van der Waals surface area contributed by atoms with Crippen LogP contribution in [0.15, 0.2) is 12.4 Å². The molecule has 1 aromatic rings. The van der Waals surface area contributed by atoms with E-state index in [0.717, 1.165) is 39.1 Å². The summed E-state index contributed by atoms with van der Waals surface area (Å²) >= 11 is 0. The van der Waals surface area contributed by atoms with Crippen LogP contribution in [0.4, 0.5) is 5.95 Å². The SMILES string of the molecule is CCN1CCN(c2ncc(C(=O)N3CCN(C=O)CC3)cn2)CC1. The average Bonchev–Trinajstić information content (AvgIpc) is 2.68. The molecular weight excluding hydrogens is 308 g/mol. The molecule has 24 heavy (non-hydrogen) atoms. The van der Waals surface area contributed by atoms with Gasteiger partial charge in [0.05, 0.1) is 5.56 Å². The number of aromatic nitrogens is 2. The summed E-state index contributed by atoms with van der Waals surface area (Å²) in [5.41, 5.74) is 0.505. The van der Waals surface area contributed by atoms with Crippen LogP contribution in [0.5, 0.6) is 0 Å². The van der Waals surface area contributed by atoms with Gasteiger partial charge in [-0.2, -0.15) is 0 Å². The van der Waals surface area contributed by atoms with E-state index in [4.69, 9.17) is 0 Å². The zero-order valence-corrected chi connectivity index (χ0v) is 14.1. The van der Waals surface area contributed by atoms with Crippen molar-refractivity contribution < 1.29 is 9.59 Å². The highest BCUT2D eigenvalue weighted by Crippen LogP contribution is 2.12. The van der Waals surface area contributed by atoms with Crippen LogP contribution in [0.2, 0.25) is 0 Å². The summed E-state index contributed by atoms with van der Waals surface area (Å²) in [5, 5.41) is 0. The molecule has 8 heteroatoms. The predicted octanol–water partition coefficient (Wildman–Crippen LogP) is -0.467. The van der Waals surface area contributed by atoms with Crippen LogP contribution in [0.1, 0.15) is 17.3 Å². The first-order valence-corrected chi connectivity index (χ1v) is 8.49. The molecule has 0 N–H and O–H groups in total. The number of amides is 2. The first-order valence-electron chi connectivity index (χ1n) is 8.49. The number of nitrogens with zero attached hydrogens (tertiary/aromatic N) is 6. The second-order valence-electron chi connectivity index (χ2n) is 6.13. The Morgan fingerprint density at radius 1 is 1.04 bits per heavy atom. The standard InChI is InChI=1S/C16H24N6O2/c1-2-19-3-9-22(10-4-19)16-17-11-14(12-18-16)15(24)21-7-5-20(13-23)6-8-21/h11-13H,2-10H2,1H3. The summed E-state index contributed by atoms with van der Waals surface area (Å²) in [4.78, 5) is 40.0. The summed E-state index contributed by atoms with van der Waals surface area (Å²) < 4.78 is 0. The monoisotopic (exact) mass is 332 g/mol. The van der Waals surface area contributed by atoms with Crippen LogP contribution in [0.25, 0.3) is 0 Å². The minimum absolute atomic E-state index is 0.0668. The maximum absolute atomic E-state index is 12.5. The first kappa shape index (κ1) is 16.6. The molecule has 130 valence electrons. The Morgan fingerprint density at radius 3 is 2.21 bits per heavy atom. The van der Waals surface area contributed by atoms with Gasteiger partial charge in [0.1, 0.15) is 0 Å². The second-order valence-corrected chi connectivity index (χ2v) is 6.13. The smallest absolute Gasteiger partial charge is 0.257 e. The van der Waals surface area contributed by atoms with Gasteiger partial charge in [-0.15, -0.1) is 0 Å². The molecule has 8 nitrogen and oxygen atoms in total. The molecule has 0 aliphatic carbocycles. The molecule has 0 unspecified atom stereocenters. The lowest BCUT2D eigenvalue weighted by atomic mass is 10.2. The molecule has 2 saturated heterocycles. The Labute approximate surface area is 142 Å². The highest BCUT2D eigenvalue weighted by molar-refractivity contribution is 5.93. The Balaban J connectivity index is 1.58. The van der Waals surface area contributed by atoms with Gasteiger partial charge < -0.3 is 19.6 Å². The molecule has 0 atom stereocenters. The van der Waals surface area contributed by atoms with E-state index in [1.165, 1.54) is 0 Å². The van der Waals surface area contributed by atoms with Crippen molar-refractivity contribution in [1.29, 1.82) is 0 Å². The highest BCUT2D eigenvalue weighted by atomic mass is 16.2. The summed E-state index contributed by atoms with van der Waals surface area (Å²) in [6.45, 7) is 9.36. The van der Waals surface area contributed by atoms with Gasteiger partial charge in [-0.1, -0.05) is 6.92 Å². The van der Waals surface area contributed by atoms with Crippen molar-refractivity contribution in [3.05, 3.63) is 18.0 Å². The summed E-state index contributed by atoms with van der Waals surface area (Å²) in [6, 6.07) is 0. The minimum Gasteiger partial charge on any atom is -0.342 e. The quantitative estimate of drug-likeness (QED) is 0.694. The summed E-state index contributed by atoms with van der Waals surface area (Å²) in [6.07, 6.45) is 4.06. The van der Waals surface area contributed by atoms with Crippen LogP contribution in [-0.4, -0.2) is 95.9 Å². The maximum Gasteiger partial charge on any atom is 0.257 e.